The van der Waals surface area contributed by atoms with Crippen molar-refractivity contribution in [3.63, 3.8) is 0 Å². The third-order valence-corrected chi connectivity index (χ3v) is 6.97. The molecule has 5 rings (SSSR count). The third kappa shape index (κ3) is 2.37. The van der Waals surface area contributed by atoms with Crippen molar-refractivity contribution in [1.29, 1.82) is 0 Å². The van der Waals surface area contributed by atoms with Crippen molar-refractivity contribution in [2.45, 2.75) is 38.8 Å². The molecule has 3 aromatic carbocycles. The number of aryl methyl sites for hydroxylation is 1. The largest absolute Gasteiger partial charge is 0.465 e. The quantitative estimate of drug-likeness (QED) is 0.540. The predicted octanol–water partition coefficient (Wildman–Crippen LogP) is 5.22. The number of hydrogen-bond acceptors (Lipinski definition) is 5. The second-order valence-corrected chi connectivity index (χ2v) is 8.50. The van der Waals surface area contributed by atoms with E-state index in [1.54, 1.807) is 6.21 Å². The van der Waals surface area contributed by atoms with Gasteiger partial charge in [-0.3, -0.25) is 9.79 Å². The number of likely N-dealkylation sites (N-methyl/N-ethyl adjacent to an activating group) is 1. The number of fused-ring (bicyclic) bond motifs is 4. The smallest absolute Gasteiger partial charge is 0.322 e. The molecule has 1 spiro atoms. The molecule has 0 bridgehead atoms. The molecule has 31 heavy (non-hydrogen) atoms. The Kier molecular flexibility index (Phi) is 4.16. The Morgan fingerprint density at radius 3 is 2.68 bits per heavy atom. The van der Waals surface area contributed by atoms with E-state index in [1.807, 2.05) is 56.1 Å². The van der Waals surface area contributed by atoms with Crippen LogP contribution < -0.4 is 9.64 Å². The predicted molar refractivity (Wildman–Crippen MR) is 124 cm³/mol. The average Bonchev–Trinajstić information content (AvgIpc) is 2.96. The Morgan fingerprint density at radius 1 is 1.13 bits per heavy atom. The monoisotopic (exact) mass is 414 g/mol. The topological polar surface area (TPSA) is 51.1 Å². The second kappa shape index (κ2) is 6.58. The van der Waals surface area contributed by atoms with Crippen molar-refractivity contribution in [3.05, 3.63) is 65.2 Å². The van der Waals surface area contributed by atoms with Crippen LogP contribution in [0.15, 0.2) is 53.5 Å². The number of anilines is 1. The van der Waals surface area contributed by atoms with Crippen LogP contribution in [0.5, 0.6) is 5.75 Å². The Morgan fingerprint density at radius 2 is 1.90 bits per heavy atom. The van der Waals surface area contributed by atoms with Crippen LogP contribution in [0.25, 0.3) is 10.8 Å². The molecule has 0 aromatic heterocycles. The summed E-state index contributed by atoms with van der Waals surface area (Å²) in [5.74, 6) is 0.343. The lowest BCUT2D eigenvalue weighted by Crippen LogP contribution is -2.65. The highest BCUT2D eigenvalue weighted by Gasteiger charge is 2.66. The van der Waals surface area contributed by atoms with Gasteiger partial charge in [-0.25, -0.2) is 0 Å². The molecule has 5 nitrogen and oxygen atoms in total. The van der Waals surface area contributed by atoms with E-state index in [-0.39, 0.29) is 5.97 Å². The molecule has 2 heterocycles. The van der Waals surface area contributed by atoms with Crippen molar-refractivity contribution in [3.8, 4) is 5.75 Å². The highest BCUT2D eigenvalue weighted by Crippen LogP contribution is 2.56. The minimum absolute atomic E-state index is 0.298. The van der Waals surface area contributed by atoms with Gasteiger partial charge in [0.05, 0.1) is 12.8 Å². The van der Waals surface area contributed by atoms with Gasteiger partial charge in [-0.2, -0.15) is 0 Å². The maximum absolute atomic E-state index is 13.5. The van der Waals surface area contributed by atoms with Crippen LogP contribution in [0.2, 0.25) is 0 Å². The number of esters is 1. The van der Waals surface area contributed by atoms with E-state index in [4.69, 9.17) is 14.5 Å². The van der Waals surface area contributed by atoms with Crippen molar-refractivity contribution in [2.24, 2.45) is 4.99 Å². The zero-order valence-corrected chi connectivity index (χ0v) is 18.5. The lowest BCUT2D eigenvalue weighted by Gasteiger charge is -2.45. The van der Waals surface area contributed by atoms with Gasteiger partial charge in [0.25, 0.3) is 0 Å². The molecule has 0 saturated carbocycles. The molecule has 0 fully saturated rings. The molecule has 0 amide bonds. The van der Waals surface area contributed by atoms with Crippen LogP contribution in [0, 0.1) is 13.8 Å². The lowest BCUT2D eigenvalue weighted by molar-refractivity contribution is -0.154. The first-order valence-electron chi connectivity index (χ1n) is 10.6. The number of rotatable bonds is 2. The summed E-state index contributed by atoms with van der Waals surface area (Å²) in [4.78, 5) is 20.4. The minimum atomic E-state index is -1.13. The molecule has 2 aliphatic rings. The van der Waals surface area contributed by atoms with Gasteiger partial charge in [-0.15, -0.1) is 0 Å². The summed E-state index contributed by atoms with van der Waals surface area (Å²) in [6.07, 6.45) is 1.79. The van der Waals surface area contributed by atoms with Crippen LogP contribution in [-0.2, 0) is 14.9 Å². The molecular weight excluding hydrogens is 388 g/mol. The van der Waals surface area contributed by atoms with E-state index in [2.05, 4.69) is 32.0 Å². The van der Waals surface area contributed by atoms with Crippen LogP contribution in [0.1, 0.15) is 30.5 Å². The van der Waals surface area contributed by atoms with Crippen LogP contribution >= 0.6 is 0 Å². The van der Waals surface area contributed by atoms with E-state index in [9.17, 15) is 4.79 Å². The summed E-state index contributed by atoms with van der Waals surface area (Å²) in [7, 11) is 1.95. The van der Waals surface area contributed by atoms with Gasteiger partial charge in [0.15, 0.2) is 5.41 Å². The van der Waals surface area contributed by atoms with Gasteiger partial charge < -0.3 is 14.4 Å². The van der Waals surface area contributed by atoms with Crippen LogP contribution in [-0.4, -0.2) is 31.6 Å². The maximum atomic E-state index is 13.5. The lowest BCUT2D eigenvalue weighted by atomic mass is 9.73. The fraction of sp³-hybridized carbons (Fsp3) is 0.308. The summed E-state index contributed by atoms with van der Waals surface area (Å²) in [6.45, 7) is 8.15. The number of nitrogens with zero attached hydrogens (tertiary/aromatic N) is 2. The zero-order chi connectivity index (χ0) is 22.0. The van der Waals surface area contributed by atoms with Crippen LogP contribution in [0.3, 0.4) is 0 Å². The Hall–Kier alpha value is -3.34. The molecule has 5 heteroatoms. The van der Waals surface area contributed by atoms with Crippen molar-refractivity contribution in [1.82, 2.24) is 0 Å². The maximum Gasteiger partial charge on any atom is 0.322 e. The van der Waals surface area contributed by atoms with Crippen molar-refractivity contribution in [2.75, 3.05) is 18.6 Å². The Balaban J connectivity index is 1.77. The number of benzene rings is 3. The number of ether oxygens (including phenoxy) is 2. The van der Waals surface area contributed by atoms with Crippen molar-refractivity contribution >= 4 is 34.3 Å². The number of hydrogen-bond donors (Lipinski definition) is 0. The first kappa shape index (κ1) is 19.6. The molecule has 3 aromatic rings. The SMILES string of the molecule is CCOC(=O)C1(C)c2c(ccc(C)c2C)N(C)C12C=Nc1c(ccc3ccccc13)O2. The summed E-state index contributed by atoms with van der Waals surface area (Å²) in [5, 5.41) is 2.12. The average molecular weight is 415 g/mol. The van der Waals surface area contributed by atoms with Crippen molar-refractivity contribution < 1.29 is 14.3 Å². The standard InChI is InChI=1S/C26H26N2O3/c1-6-30-24(29)25(4)22-17(3)16(2)11-13-20(22)28(5)26(25)15-27-23-19-10-8-7-9-18(19)12-14-21(23)31-26/h7-15H,6H2,1-5H3. The number of carbonyl (C=O) groups excluding carboxylic acids is 1. The van der Waals surface area contributed by atoms with E-state index in [0.717, 1.165) is 38.8 Å². The normalized spacial score (nSPS) is 23.6. The Labute approximate surface area is 182 Å². The van der Waals surface area contributed by atoms with Crippen LogP contribution in [0.4, 0.5) is 11.4 Å². The van der Waals surface area contributed by atoms with Gasteiger partial charge in [-0.1, -0.05) is 36.4 Å². The van der Waals surface area contributed by atoms with Gasteiger partial charge in [0.2, 0.25) is 5.72 Å². The molecule has 2 aliphatic heterocycles. The molecule has 0 aliphatic carbocycles. The highest BCUT2D eigenvalue weighted by molar-refractivity contribution is 6.04. The number of aliphatic imine (C=N–C) groups is 1. The molecule has 0 radical (unpaired) electrons. The summed E-state index contributed by atoms with van der Waals surface area (Å²) >= 11 is 0. The second-order valence-electron chi connectivity index (χ2n) is 8.50. The summed E-state index contributed by atoms with van der Waals surface area (Å²) < 4.78 is 12.3. The third-order valence-electron chi connectivity index (χ3n) is 6.97. The van der Waals surface area contributed by atoms with E-state index >= 15 is 0 Å². The first-order chi connectivity index (χ1) is 14.8. The molecular formula is C26H26N2O3. The zero-order valence-electron chi connectivity index (χ0n) is 18.5. The van der Waals surface area contributed by atoms with Gasteiger partial charge in [-0.05, 0) is 56.3 Å². The molecule has 2 unspecified atom stereocenters. The molecule has 0 N–H and O–H groups in total. The molecule has 2 atom stereocenters. The first-order valence-corrected chi connectivity index (χ1v) is 10.6. The number of carbonyl (C=O) groups is 1. The minimum Gasteiger partial charge on any atom is -0.465 e. The van der Waals surface area contributed by atoms with E-state index in [1.165, 1.54) is 0 Å². The fourth-order valence-corrected chi connectivity index (χ4v) is 5.11. The molecule has 158 valence electrons. The summed E-state index contributed by atoms with van der Waals surface area (Å²) in [5.41, 5.74) is 2.65. The fourth-order valence-electron chi connectivity index (χ4n) is 5.11. The van der Waals surface area contributed by atoms with Gasteiger partial charge >= 0.3 is 5.97 Å². The Bertz CT molecular complexity index is 1260. The van der Waals surface area contributed by atoms with E-state index in [0.29, 0.717) is 12.4 Å². The summed E-state index contributed by atoms with van der Waals surface area (Å²) in [6, 6.07) is 16.2. The van der Waals surface area contributed by atoms with Gasteiger partial charge in [0, 0.05) is 23.7 Å². The van der Waals surface area contributed by atoms with E-state index < -0.39 is 11.1 Å². The highest BCUT2D eigenvalue weighted by atomic mass is 16.6. The molecule has 0 saturated heterocycles. The van der Waals surface area contributed by atoms with Gasteiger partial charge in [0.1, 0.15) is 11.4 Å².